The summed E-state index contributed by atoms with van der Waals surface area (Å²) in [5.74, 6) is 0.911. The van der Waals surface area contributed by atoms with Gasteiger partial charge in [0.1, 0.15) is 0 Å². The molecule has 0 fully saturated rings. The molecule has 2 aromatic rings. The average molecular weight is 315 g/mol. The van der Waals surface area contributed by atoms with E-state index in [1.807, 2.05) is 48.5 Å². The fourth-order valence-electron chi connectivity index (χ4n) is 1.48. The van der Waals surface area contributed by atoms with Gasteiger partial charge in [-0.25, -0.2) is 0 Å². The Bertz CT molecular complexity index is 494. The third kappa shape index (κ3) is 4.13. The van der Waals surface area contributed by atoms with Crippen molar-refractivity contribution < 1.29 is 0 Å². The van der Waals surface area contributed by atoms with Crippen LogP contribution in [-0.2, 0) is 5.75 Å². The maximum Gasteiger partial charge on any atom is 0.0725 e. The molecule has 94 valence electrons. The van der Waals surface area contributed by atoms with Crippen LogP contribution in [0.25, 0.3) is 0 Å². The fraction of sp³-hybridized carbons (Fsp3) is 0.143. The zero-order valence-corrected chi connectivity index (χ0v) is 12.7. The van der Waals surface area contributed by atoms with Gasteiger partial charge < -0.3 is 0 Å². The Kier molecular flexibility index (Phi) is 5.31. The van der Waals surface area contributed by atoms with Crippen molar-refractivity contribution in [2.75, 3.05) is 0 Å². The molecule has 0 N–H and O–H groups in total. The lowest BCUT2D eigenvalue weighted by molar-refractivity contribution is 1.35. The highest BCUT2D eigenvalue weighted by Gasteiger charge is 2.07. The lowest BCUT2D eigenvalue weighted by Gasteiger charge is -2.11. The van der Waals surface area contributed by atoms with Gasteiger partial charge in [-0.3, -0.25) is 0 Å². The van der Waals surface area contributed by atoms with Gasteiger partial charge in [0.25, 0.3) is 0 Å². The molecular weight excluding hydrogens is 303 g/mol. The molecule has 0 aromatic heterocycles. The molecule has 18 heavy (non-hydrogen) atoms. The molecule has 0 nitrogen and oxygen atoms in total. The Balaban J connectivity index is 1.93. The van der Waals surface area contributed by atoms with Crippen molar-refractivity contribution in [2.45, 2.75) is 10.3 Å². The van der Waals surface area contributed by atoms with Crippen LogP contribution in [0.5, 0.6) is 0 Å². The Morgan fingerprint density at radius 1 is 0.889 bits per heavy atom. The number of thioether (sulfide) groups is 1. The van der Waals surface area contributed by atoms with Crippen LogP contribution in [0.1, 0.15) is 15.7 Å². The van der Waals surface area contributed by atoms with Gasteiger partial charge in [0.2, 0.25) is 0 Å². The van der Waals surface area contributed by atoms with Gasteiger partial charge in [-0.15, -0.1) is 11.8 Å². The van der Waals surface area contributed by atoms with Crippen molar-refractivity contribution in [3.8, 4) is 0 Å². The summed E-state index contributed by atoms with van der Waals surface area (Å²) >= 11 is 18.1. The van der Waals surface area contributed by atoms with Crippen LogP contribution in [0, 0.1) is 0 Å². The summed E-state index contributed by atoms with van der Waals surface area (Å²) in [7, 11) is 0. The molecule has 0 radical (unpaired) electrons. The molecule has 0 bridgehead atoms. The van der Waals surface area contributed by atoms with E-state index in [0.29, 0.717) is 0 Å². The van der Waals surface area contributed by atoms with E-state index in [-0.39, 0.29) is 4.58 Å². The minimum atomic E-state index is 0.151. The topological polar surface area (TPSA) is 0 Å². The number of halogens is 2. The van der Waals surface area contributed by atoms with Gasteiger partial charge in [0.05, 0.1) is 4.58 Å². The SMILES string of the molecule is SC(SCc1ccc(Cl)cc1)c1ccc(Cl)cc1. The molecule has 0 amide bonds. The van der Waals surface area contributed by atoms with Gasteiger partial charge in [-0.2, -0.15) is 12.6 Å². The third-order valence-corrected chi connectivity index (χ3v) is 4.81. The lowest BCUT2D eigenvalue weighted by atomic mass is 10.2. The minimum Gasteiger partial charge on any atom is -0.160 e. The summed E-state index contributed by atoms with van der Waals surface area (Å²) in [5.41, 5.74) is 2.42. The van der Waals surface area contributed by atoms with Crippen molar-refractivity contribution in [1.29, 1.82) is 0 Å². The smallest absolute Gasteiger partial charge is 0.0725 e. The highest BCUT2D eigenvalue weighted by molar-refractivity contribution is 8.09. The van der Waals surface area contributed by atoms with Crippen molar-refractivity contribution in [1.82, 2.24) is 0 Å². The summed E-state index contributed by atoms with van der Waals surface area (Å²) in [6.45, 7) is 0. The highest BCUT2D eigenvalue weighted by atomic mass is 35.5. The van der Waals surface area contributed by atoms with Gasteiger partial charge in [0.15, 0.2) is 0 Å². The van der Waals surface area contributed by atoms with Crippen LogP contribution in [0.15, 0.2) is 48.5 Å². The Hall–Kier alpha value is -0.280. The molecule has 0 aliphatic heterocycles. The standard InChI is InChI=1S/C14H12Cl2S2/c15-12-5-1-10(2-6-12)9-18-14(17)11-3-7-13(16)8-4-11/h1-8,14,17H,9H2. The first-order valence-corrected chi connectivity index (χ1v) is 7.77. The monoisotopic (exact) mass is 314 g/mol. The number of thiol groups is 1. The predicted octanol–water partition coefficient (Wildman–Crippen LogP) is 5.86. The zero-order chi connectivity index (χ0) is 13.0. The van der Waals surface area contributed by atoms with Gasteiger partial charge in [-0.1, -0.05) is 47.5 Å². The first kappa shape index (κ1) is 14.1. The second-order valence-electron chi connectivity index (χ2n) is 3.84. The lowest BCUT2D eigenvalue weighted by Crippen LogP contribution is -1.87. The van der Waals surface area contributed by atoms with E-state index >= 15 is 0 Å². The number of hydrogen-bond donors (Lipinski definition) is 1. The second-order valence-corrected chi connectivity index (χ2v) is 6.67. The van der Waals surface area contributed by atoms with Crippen LogP contribution in [0.2, 0.25) is 10.0 Å². The summed E-state index contributed by atoms with van der Waals surface area (Å²) in [6.07, 6.45) is 0. The summed E-state index contributed by atoms with van der Waals surface area (Å²) < 4.78 is 0.151. The minimum absolute atomic E-state index is 0.151. The van der Waals surface area contributed by atoms with E-state index < -0.39 is 0 Å². The number of hydrogen-bond acceptors (Lipinski definition) is 2. The van der Waals surface area contributed by atoms with Crippen LogP contribution >= 0.6 is 47.6 Å². The molecule has 0 saturated carbocycles. The molecule has 1 atom stereocenters. The van der Waals surface area contributed by atoms with Crippen molar-refractivity contribution >= 4 is 47.6 Å². The van der Waals surface area contributed by atoms with E-state index in [2.05, 4.69) is 12.6 Å². The summed E-state index contributed by atoms with van der Waals surface area (Å²) in [4.78, 5) is 0. The van der Waals surface area contributed by atoms with Crippen LogP contribution in [0.4, 0.5) is 0 Å². The van der Waals surface area contributed by atoms with Crippen molar-refractivity contribution in [2.24, 2.45) is 0 Å². The molecule has 4 heteroatoms. The molecule has 0 saturated heterocycles. The predicted molar refractivity (Wildman–Crippen MR) is 85.9 cm³/mol. The van der Waals surface area contributed by atoms with Crippen molar-refractivity contribution in [3.63, 3.8) is 0 Å². The molecular formula is C14H12Cl2S2. The molecule has 1 unspecified atom stereocenters. The molecule has 2 aromatic carbocycles. The Labute approximate surface area is 127 Å². The Morgan fingerprint density at radius 2 is 1.39 bits per heavy atom. The van der Waals surface area contributed by atoms with Crippen LogP contribution < -0.4 is 0 Å². The highest BCUT2D eigenvalue weighted by Crippen LogP contribution is 2.35. The quantitative estimate of drug-likeness (QED) is 0.545. The summed E-state index contributed by atoms with van der Waals surface area (Å²) in [6, 6.07) is 15.7. The molecule has 0 spiro atoms. The number of benzene rings is 2. The normalized spacial score (nSPS) is 12.4. The van der Waals surface area contributed by atoms with E-state index in [9.17, 15) is 0 Å². The van der Waals surface area contributed by atoms with Crippen LogP contribution in [-0.4, -0.2) is 0 Å². The van der Waals surface area contributed by atoms with E-state index in [1.165, 1.54) is 11.1 Å². The van der Waals surface area contributed by atoms with Crippen LogP contribution in [0.3, 0.4) is 0 Å². The largest absolute Gasteiger partial charge is 0.160 e. The maximum atomic E-state index is 5.86. The third-order valence-electron chi connectivity index (χ3n) is 2.48. The molecule has 2 rings (SSSR count). The van der Waals surface area contributed by atoms with Crippen molar-refractivity contribution in [3.05, 3.63) is 69.7 Å². The van der Waals surface area contributed by atoms with Gasteiger partial charge in [-0.05, 0) is 35.4 Å². The summed E-state index contributed by atoms with van der Waals surface area (Å²) in [5, 5.41) is 1.52. The molecule has 0 aliphatic carbocycles. The number of rotatable bonds is 4. The van der Waals surface area contributed by atoms with E-state index in [1.54, 1.807) is 11.8 Å². The fourth-order valence-corrected chi connectivity index (χ4v) is 3.02. The average Bonchev–Trinajstić information content (AvgIpc) is 2.38. The molecule has 0 aliphatic rings. The first-order valence-electron chi connectivity index (χ1n) is 5.45. The van der Waals surface area contributed by atoms with Gasteiger partial charge in [0, 0.05) is 15.8 Å². The van der Waals surface area contributed by atoms with Gasteiger partial charge >= 0.3 is 0 Å². The second kappa shape index (κ2) is 6.76. The molecule has 0 heterocycles. The van der Waals surface area contributed by atoms with E-state index in [4.69, 9.17) is 23.2 Å². The zero-order valence-electron chi connectivity index (χ0n) is 9.51. The maximum absolute atomic E-state index is 5.86. The Morgan fingerprint density at radius 3 is 1.94 bits per heavy atom. The first-order chi connectivity index (χ1) is 8.65. The van der Waals surface area contributed by atoms with E-state index in [0.717, 1.165) is 15.8 Å².